The van der Waals surface area contributed by atoms with Gasteiger partial charge in [-0.2, -0.15) is 0 Å². The van der Waals surface area contributed by atoms with Gasteiger partial charge in [0, 0.05) is 12.6 Å². The number of anilines is 1. The van der Waals surface area contributed by atoms with Crippen molar-refractivity contribution in [3.63, 3.8) is 0 Å². The normalized spacial score (nSPS) is 12.0. The van der Waals surface area contributed by atoms with Crippen molar-refractivity contribution in [2.24, 2.45) is 0 Å². The summed E-state index contributed by atoms with van der Waals surface area (Å²) in [5.41, 5.74) is 1.17. The molecule has 1 N–H and O–H groups in total. The second kappa shape index (κ2) is 13.1. The van der Waals surface area contributed by atoms with Gasteiger partial charge in [0.2, 0.25) is 11.8 Å². The Bertz CT molecular complexity index is 1300. The molecule has 3 aromatic rings. The highest BCUT2D eigenvalue weighted by Crippen LogP contribution is 2.26. The summed E-state index contributed by atoms with van der Waals surface area (Å²) in [6.45, 7) is 7.30. The molecule has 0 aliphatic rings. The van der Waals surface area contributed by atoms with E-state index >= 15 is 0 Å². The lowest BCUT2D eigenvalue weighted by Gasteiger charge is -2.32. The second-order valence-corrected chi connectivity index (χ2v) is 11.0. The average Bonchev–Trinajstić information content (AvgIpc) is 2.91. The quantitative estimate of drug-likeness (QED) is 0.373. The number of carbonyl (C=O) groups excluding carboxylic acids is 2. The van der Waals surface area contributed by atoms with Crippen molar-refractivity contribution in [3.05, 3.63) is 90.5 Å². The van der Waals surface area contributed by atoms with Crippen molar-refractivity contribution in [2.75, 3.05) is 17.5 Å². The first-order valence-corrected chi connectivity index (χ1v) is 14.0. The van der Waals surface area contributed by atoms with Crippen molar-refractivity contribution in [3.8, 4) is 5.75 Å². The molecule has 0 saturated carbocycles. The van der Waals surface area contributed by atoms with Crippen LogP contribution in [0.3, 0.4) is 0 Å². The van der Waals surface area contributed by atoms with Crippen LogP contribution in [0.15, 0.2) is 89.8 Å². The van der Waals surface area contributed by atoms with Gasteiger partial charge in [-0.15, -0.1) is 0 Å². The molecule has 38 heavy (non-hydrogen) atoms. The van der Waals surface area contributed by atoms with Gasteiger partial charge >= 0.3 is 0 Å². The maximum Gasteiger partial charge on any atom is 0.264 e. The van der Waals surface area contributed by atoms with E-state index in [9.17, 15) is 18.0 Å². The monoisotopic (exact) mass is 537 g/mol. The fourth-order valence-corrected chi connectivity index (χ4v) is 5.31. The molecular formula is C29H35N3O5S. The summed E-state index contributed by atoms with van der Waals surface area (Å²) in [6, 6.07) is 22.9. The third kappa shape index (κ3) is 7.35. The fourth-order valence-electron chi connectivity index (χ4n) is 3.89. The van der Waals surface area contributed by atoms with Crippen molar-refractivity contribution in [1.82, 2.24) is 10.2 Å². The number of carbonyl (C=O) groups is 2. The van der Waals surface area contributed by atoms with Gasteiger partial charge in [-0.05, 0) is 69.7 Å². The SMILES string of the molecule is CCOc1ccc(S(=O)(=O)N(CC(=O)N(Cc2ccccc2)[C@H](C)C(=O)NC(C)C)c2ccccc2)cc1. The van der Waals surface area contributed by atoms with Crippen LogP contribution in [0.5, 0.6) is 5.75 Å². The van der Waals surface area contributed by atoms with Crippen molar-refractivity contribution >= 4 is 27.5 Å². The molecule has 0 bridgehead atoms. The summed E-state index contributed by atoms with van der Waals surface area (Å²) in [7, 11) is -4.12. The molecule has 0 aliphatic carbocycles. The Balaban J connectivity index is 1.98. The van der Waals surface area contributed by atoms with Crippen LogP contribution in [0.4, 0.5) is 5.69 Å². The summed E-state index contributed by atoms with van der Waals surface area (Å²) in [5.74, 6) is -0.267. The van der Waals surface area contributed by atoms with Crippen LogP contribution in [0.1, 0.15) is 33.3 Å². The molecule has 1 atom stereocenters. The molecule has 3 aromatic carbocycles. The first-order chi connectivity index (χ1) is 18.1. The Morgan fingerprint density at radius 2 is 1.45 bits per heavy atom. The summed E-state index contributed by atoms with van der Waals surface area (Å²) in [4.78, 5) is 28.1. The van der Waals surface area contributed by atoms with Crippen LogP contribution in [-0.4, -0.2) is 50.4 Å². The molecule has 0 aromatic heterocycles. The van der Waals surface area contributed by atoms with E-state index in [1.54, 1.807) is 49.4 Å². The molecule has 0 heterocycles. The van der Waals surface area contributed by atoms with Gasteiger partial charge in [0.25, 0.3) is 10.0 Å². The van der Waals surface area contributed by atoms with Crippen LogP contribution in [0, 0.1) is 0 Å². The number of hydrogen-bond acceptors (Lipinski definition) is 5. The van der Waals surface area contributed by atoms with Crippen LogP contribution in [0.2, 0.25) is 0 Å². The Morgan fingerprint density at radius 1 is 0.868 bits per heavy atom. The summed E-state index contributed by atoms with van der Waals surface area (Å²) in [6.07, 6.45) is 0. The smallest absolute Gasteiger partial charge is 0.264 e. The minimum absolute atomic E-state index is 0.0258. The second-order valence-electron chi connectivity index (χ2n) is 9.10. The average molecular weight is 538 g/mol. The van der Waals surface area contributed by atoms with E-state index in [4.69, 9.17) is 4.74 Å². The Morgan fingerprint density at radius 3 is 2.00 bits per heavy atom. The molecule has 2 amide bonds. The van der Waals surface area contributed by atoms with Crippen molar-refractivity contribution in [2.45, 2.75) is 51.2 Å². The third-order valence-corrected chi connectivity index (χ3v) is 7.63. The number of nitrogens with one attached hydrogen (secondary N) is 1. The van der Waals surface area contributed by atoms with Crippen molar-refractivity contribution in [1.29, 1.82) is 0 Å². The van der Waals surface area contributed by atoms with Crippen molar-refractivity contribution < 1.29 is 22.7 Å². The largest absolute Gasteiger partial charge is 0.494 e. The van der Waals surface area contributed by atoms with Crippen LogP contribution >= 0.6 is 0 Å². The molecule has 0 aliphatic heterocycles. The molecule has 0 fully saturated rings. The zero-order valence-corrected chi connectivity index (χ0v) is 23.0. The minimum Gasteiger partial charge on any atom is -0.494 e. The number of ether oxygens (including phenoxy) is 1. The van der Waals surface area contributed by atoms with E-state index in [0.29, 0.717) is 18.0 Å². The van der Waals surface area contributed by atoms with E-state index in [1.807, 2.05) is 51.1 Å². The minimum atomic E-state index is -4.12. The fraction of sp³-hybridized carbons (Fsp3) is 0.310. The summed E-state index contributed by atoms with van der Waals surface area (Å²) >= 11 is 0. The Kier molecular flexibility index (Phi) is 9.90. The lowest BCUT2D eigenvalue weighted by Crippen LogP contribution is -2.52. The first kappa shape index (κ1) is 28.7. The number of amides is 2. The highest BCUT2D eigenvalue weighted by molar-refractivity contribution is 7.92. The van der Waals surface area contributed by atoms with Gasteiger partial charge < -0.3 is 15.0 Å². The number of nitrogens with zero attached hydrogens (tertiary/aromatic N) is 2. The molecule has 0 radical (unpaired) electrons. The predicted molar refractivity (Wildman–Crippen MR) is 148 cm³/mol. The number of sulfonamides is 1. The first-order valence-electron chi connectivity index (χ1n) is 12.6. The van der Waals surface area contributed by atoms with Gasteiger partial charge in [0.1, 0.15) is 18.3 Å². The maximum atomic E-state index is 13.8. The topological polar surface area (TPSA) is 96.0 Å². The van der Waals surface area contributed by atoms with Crippen LogP contribution in [-0.2, 0) is 26.2 Å². The van der Waals surface area contributed by atoms with E-state index in [2.05, 4.69) is 5.32 Å². The van der Waals surface area contributed by atoms with Crippen LogP contribution in [0.25, 0.3) is 0 Å². The molecule has 202 valence electrons. The van der Waals surface area contributed by atoms with Gasteiger partial charge in [-0.3, -0.25) is 13.9 Å². The highest BCUT2D eigenvalue weighted by Gasteiger charge is 2.32. The van der Waals surface area contributed by atoms with Gasteiger partial charge in [0.05, 0.1) is 17.2 Å². The van der Waals surface area contributed by atoms with Crippen LogP contribution < -0.4 is 14.4 Å². The molecule has 0 saturated heterocycles. The van der Waals surface area contributed by atoms with E-state index in [0.717, 1.165) is 9.87 Å². The molecule has 3 rings (SSSR count). The number of hydrogen-bond donors (Lipinski definition) is 1. The van der Waals surface area contributed by atoms with E-state index in [1.165, 1.54) is 17.0 Å². The maximum absolute atomic E-state index is 13.8. The van der Waals surface area contributed by atoms with E-state index < -0.39 is 28.5 Å². The zero-order chi connectivity index (χ0) is 27.7. The molecule has 9 heteroatoms. The van der Waals surface area contributed by atoms with Gasteiger partial charge in [-0.1, -0.05) is 48.5 Å². The lowest BCUT2D eigenvalue weighted by atomic mass is 10.1. The van der Waals surface area contributed by atoms with E-state index in [-0.39, 0.29) is 23.4 Å². The van der Waals surface area contributed by atoms with Gasteiger partial charge in [0.15, 0.2) is 0 Å². The molecule has 8 nitrogen and oxygen atoms in total. The Hall–Kier alpha value is -3.85. The number of benzene rings is 3. The number of para-hydroxylation sites is 1. The standard InChI is InChI=1S/C29H35N3O5S/c1-5-37-26-16-18-27(19-17-26)38(35,36)32(25-14-10-7-11-15-25)21-28(33)31(20-24-12-8-6-9-13-24)23(4)29(34)30-22(2)3/h6-19,22-23H,5,20-21H2,1-4H3,(H,30,34)/t23-/m1/s1. The highest BCUT2D eigenvalue weighted by atomic mass is 32.2. The lowest BCUT2D eigenvalue weighted by molar-refractivity contribution is -0.139. The summed E-state index contributed by atoms with van der Waals surface area (Å²) in [5, 5.41) is 2.84. The molecule has 0 spiro atoms. The molecule has 0 unspecified atom stereocenters. The predicted octanol–water partition coefficient (Wildman–Crippen LogP) is 4.22. The third-order valence-electron chi connectivity index (χ3n) is 5.84. The molecular weight excluding hydrogens is 502 g/mol. The summed E-state index contributed by atoms with van der Waals surface area (Å²) < 4.78 is 34.1. The number of rotatable bonds is 12. The zero-order valence-electron chi connectivity index (χ0n) is 22.2. The Labute approximate surface area is 225 Å². The van der Waals surface area contributed by atoms with Gasteiger partial charge in [-0.25, -0.2) is 8.42 Å².